The van der Waals surface area contributed by atoms with Crippen LogP contribution in [0.15, 0.2) is 42.5 Å². The molecule has 2 aromatic carbocycles. The average Bonchev–Trinajstić information content (AvgIpc) is 3.40. The maximum absolute atomic E-state index is 11.7. The number of rotatable bonds is 12. The van der Waals surface area contributed by atoms with Gasteiger partial charge < -0.3 is 14.9 Å². The van der Waals surface area contributed by atoms with E-state index in [0.717, 1.165) is 86.0 Å². The van der Waals surface area contributed by atoms with Crippen molar-refractivity contribution in [3.8, 4) is 27.3 Å². The highest BCUT2D eigenvalue weighted by molar-refractivity contribution is 7.80. The fourth-order valence-corrected chi connectivity index (χ4v) is 8.92. The Hall–Kier alpha value is -1.65. The Morgan fingerprint density at radius 1 is 0.683 bits per heavy atom. The standard InChI is InChI=1S/C33H46N4OS3/c1-3-5-12-34-14-18-36(19-15-34)24-28-22-27(32-30(33(39)41-40-32)26-10-8-7-9-11-26)23-29(31(28)38)25-37-20-16-35(17-21-37)13-6-4-2/h7-11,22-23,38H,3-6,12-21,24-25H2,1-2H3. The summed E-state index contributed by atoms with van der Waals surface area (Å²) >= 11 is 5.84. The summed E-state index contributed by atoms with van der Waals surface area (Å²) in [7, 11) is 3.45. The fraction of sp³-hybridized carbons (Fsp3) is 0.545. The van der Waals surface area contributed by atoms with Crippen LogP contribution in [0.1, 0.15) is 50.7 Å². The molecule has 2 aliphatic heterocycles. The minimum Gasteiger partial charge on any atom is -0.507 e. The largest absolute Gasteiger partial charge is 0.507 e. The molecule has 2 aliphatic rings. The van der Waals surface area contributed by atoms with E-state index in [4.69, 9.17) is 12.2 Å². The molecule has 0 unspecified atom stereocenters. The molecule has 0 atom stereocenters. The number of unbranched alkanes of at least 4 members (excludes halogenated alkanes) is 2. The highest BCUT2D eigenvalue weighted by Gasteiger charge is 2.23. The summed E-state index contributed by atoms with van der Waals surface area (Å²) < 4.78 is 0.943. The van der Waals surface area contributed by atoms with Crippen LogP contribution in [0.25, 0.3) is 21.6 Å². The van der Waals surface area contributed by atoms with Gasteiger partial charge in [0.25, 0.3) is 0 Å². The van der Waals surface area contributed by atoms with E-state index in [-0.39, 0.29) is 0 Å². The second kappa shape index (κ2) is 15.2. The normalized spacial score (nSPS) is 17.8. The molecule has 0 amide bonds. The summed E-state index contributed by atoms with van der Waals surface area (Å²) in [6.07, 6.45) is 5.04. The van der Waals surface area contributed by atoms with Gasteiger partial charge in [-0.15, -0.1) is 0 Å². The van der Waals surface area contributed by atoms with Crippen LogP contribution in [0.3, 0.4) is 0 Å². The predicted octanol–water partition coefficient (Wildman–Crippen LogP) is 7.41. The Morgan fingerprint density at radius 2 is 1.17 bits per heavy atom. The van der Waals surface area contributed by atoms with Gasteiger partial charge in [0, 0.05) is 82.1 Å². The number of phenolic OH excluding ortho intramolecular Hbond substituents is 1. The van der Waals surface area contributed by atoms with Gasteiger partial charge in [0.2, 0.25) is 0 Å². The Balaban J connectivity index is 1.41. The molecular weight excluding hydrogens is 565 g/mol. The zero-order valence-corrected chi connectivity index (χ0v) is 27.3. The van der Waals surface area contributed by atoms with E-state index in [9.17, 15) is 5.11 Å². The van der Waals surface area contributed by atoms with Gasteiger partial charge in [-0.25, -0.2) is 0 Å². The van der Waals surface area contributed by atoms with Crippen LogP contribution in [0.5, 0.6) is 5.75 Å². The molecule has 0 bridgehead atoms. The summed E-state index contributed by atoms with van der Waals surface area (Å²) in [6, 6.07) is 15.0. The molecule has 3 heterocycles. The van der Waals surface area contributed by atoms with Crippen molar-refractivity contribution >= 4 is 32.9 Å². The second-order valence-corrected chi connectivity index (χ2v) is 14.4. The van der Waals surface area contributed by atoms with Gasteiger partial charge in [-0.05, 0) is 49.2 Å². The molecule has 3 aromatic rings. The first-order chi connectivity index (χ1) is 20.1. The maximum Gasteiger partial charge on any atom is 0.124 e. The Morgan fingerprint density at radius 3 is 1.66 bits per heavy atom. The van der Waals surface area contributed by atoms with Gasteiger partial charge in [-0.1, -0.05) is 89.9 Å². The number of benzene rings is 2. The van der Waals surface area contributed by atoms with E-state index in [1.54, 1.807) is 20.7 Å². The van der Waals surface area contributed by atoms with E-state index < -0.39 is 0 Å². The minimum absolute atomic E-state index is 0.482. The molecule has 2 saturated heterocycles. The van der Waals surface area contributed by atoms with Crippen molar-refractivity contribution < 1.29 is 5.11 Å². The van der Waals surface area contributed by atoms with Crippen molar-refractivity contribution in [3.63, 3.8) is 0 Å². The van der Waals surface area contributed by atoms with E-state index in [1.807, 2.05) is 0 Å². The number of piperazine rings is 2. The zero-order chi connectivity index (χ0) is 28.6. The Kier molecular flexibility index (Phi) is 11.4. The summed E-state index contributed by atoms with van der Waals surface area (Å²) in [4.78, 5) is 11.4. The highest BCUT2D eigenvalue weighted by Crippen LogP contribution is 2.43. The molecule has 41 heavy (non-hydrogen) atoms. The van der Waals surface area contributed by atoms with Gasteiger partial charge in [0.1, 0.15) is 9.57 Å². The zero-order valence-electron chi connectivity index (χ0n) is 24.8. The van der Waals surface area contributed by atoms with E-state index in [1.165, 1.54) is 54.8 Å². The van der Waals surface area contributed by atoms with Gasteiger partial charge in [-0.2, -0.15) is 0 Å². The third-order valence-corrected chi connectivity index (χ3v) is 11.7. The van der Waals surface area contributed by atoms with Crippen LogP contribution in [0.2, 0.25) is 0 Å². The molecule has 2 fully saturated rings. The summed E-state index contributed by atoms with van der Waals surface area (Å²) in [5.74, 6) is 0.482. The summed E-state index contributed by atoms with van der Waals surface area (Å²) in [5.41, 5.74) is 5.61. The fourth-order valence-electron chi connectivity index (χ4n) is 6.02. The van der Waals surface area contributed by atoms with Gasteiger partial charge in [-0.3, -0.25) is 9.80 Å². The van der Waals surface area contributed by atoms with Crippen LogP contribution in [0.4, 0.5) is 0 Å². The van der Waals surface area contributed by atoms with E-state index in [0.29, 0.717) is 5.75 Å². The molecule has 1 N–H and O–H groups in total. The first kappa shape index (κ1) is 30.8. The van der Waals surface area contributed by atoms with Crippen molar-refractivity contribution in [2.45, 2.75) is 52.6 Å². The average molecular weight is 611 g/mol. The van der Waals surface area contributed by atoms with Gasteiger partial charge in [0.15, 0.2) is 0 Å². The molecule has 8 heteroatoms. The molecule has 0 radical (unpaired) electrons. The third-order valence-electron chi connectivity index (χ3n) is 8.60. The molecule has 5 nitrogen and oxygen atoms in total. The molecular formula is C33H46N4OS3. The lowest BCUT2D eigenvalue weighted by Gasteiger charge is -2.36. The minimum atomic E-state index is 0.482. The third kappa shape index (κ3) is 8.05. The van der Waals surface area contributed by atoms with Crippen LogP contribution in [-0.4, -0.2) is 90.2 Å². The molecule has 0 saturated carbocycles. The maximum atomic E-state index is 11.7. The molecule has 222 valence electrons. The Bertz CT molecular complexity index is 1240. The Labute approximate surface area is 259 Å². The van der Waals surface area contributed by atoms with Crippen LogP contribution < -0.4 is 0 Å². The van der Waals surface area contributed by atoms with Crippen molar-refractivity contribution in [1.82, 2.24) is 19.6 Å². The number of hydrogen-bond donors (Lipinski definition) is 1. The van der Waals surface area contributed by atoms with Crippen LogP contribution in [-0.2, 0) is 13.1 Å². The molecule has 0 aliphatic carbocycles. The van der Waals surface area contributed by atoms with E-state index in [2.05, 4.69) is 75.9 Å². The molecule has 1 aromatic heterocycles. The number of hydrogen-bond acceptors (Lipinski definition) is 8. The lowest BCUT2D eigenvalue weighted by Crippen LogP contribution is -2.46. The molecule has 5 rings (SSSR count). The van der Waals surface area contributed by atoms with E-state index >= 15 is 0 Å². The quantitative estimate of drug-likeness (QED) is 0.170. The lowest BCUT2D eigenvalue weighted by atomic mass is 9.98. The number of phenols is 1. The van der Waals surface area contributed by atoms with Crippen molar-refractivity contribution in [2.75, 3.05) is 65.4 Å². The topological polar surface area (TPSA) is 33.2 Å². The second-order valence-electron chi connectivity index (χ2n) is 11.6. The smallest absolute Gasteiger partial charge is 0.124 e. The summed E-state index contributed by atoms with van der Waals surface area (Å²) in [6.45, 7) is 17.2. The van der Waals surface area contributed by atoms with Crippen LogP contribution in [0, 0.1) is 3.82 Å². The lowest BCUT2D eigenvalue weighted by molar-refractivity contribution is 0.123. The molecule has 0 spiro atoms. The number of nitrogens with zero attached hydrogens (tertiary/aromatic N) is 4. The summed E-state index contributed by atoms with van der Waals surface area (Å²) in [5, 5.41) is 11.7. The van der Waals surface area contributed by atoms with Gasteiger partial charge in [0.05, 0.1) is 4.88 Å². The van der Waals surface area contributed by atoms with Crippen LogP contribution >= 0.6 is 32.9 Å². The van der Waals surface area contributed by atoms with Gasteiger partial charge >= 0.3 is 0 Å². The van der Waals surface area contributed by atoms with Crippen molar-refractivity contribution in [1.29, 1.82) is 0 Å². The SMILES string of the molecule is CCCCN1CCN(Cc2cc(-c3ssc(=S)c3-c3ccccc3)cc(CN3CCN(CCCC)CC3)c2O)CC1. The number of aromatic hydroxyl groups is 1. The predicted molar refractivity (Wildman–Crippen MR) is 179 cm³/mol. The van der Waals surface area contributed by atoms with Crippen molar-refractivity contribution in [3.05, 3.63) is 57.4 Å². The monoisotopic (exact) mass is 610 g/mol. The van der Waals surface area contributed by atoms with Crippen molar-refractivity contribution in [2.24, 2.45) is 0 Å². The first-order valence-electron chi connectivity index (χ1n) is 15.5. The first-order valence-corrected chi connectivity index (χ1v) is 18.0. The highest BCUT2D eigenvalue weighted by atomic mass is 32.9.